The van der Waals surface area contributed by atoms with Gasteiger partial charge in [-0.15, -0.1) is 0 Å². The normalized spacial score (nSPS) is 11.6. The Morgan fingerprint density at radius 1 is 1.53 bits per heavy atom. The molecule has 100 valence electrons. The standard InChI is InChI=1S/C12H14FN5O/c1-18-3-2-11(16-18)15-7-8-4-9(12(14)17-19)6-10(13)5-8/h2-6,19H,7H2,1H3,(H2,14,17)(H,15,16). The van der Waals surface area contributed by atoms with E-state index in [4.69, 9.17) is 10.9 Å². The second kappa shape index (κ2) is 5.38. The lowest BCUT2D eigenvalue weighted by Gasteiger charge is -2.06. The van der Waals surface area contributed by atoms with Crippen molar-refractivity contribution < 1.29 is 9.60 Å². The fraction of sp³-hybridized carbons (Fsp3) is 0.167. The molecule has 0 saturated carbocycles. The Bertz CT molecular complexity index is 608. The molecule has 4 N–H and O–H groups in total. The number of nitrogens with one attached hydrogen (secondary N) is 1. The molecule has 0 saturated heterocycles. The molecule has 1 aromatic carbocycles. The van der Waals surface area contributed by atoms with Gasteiger partial charge >= 0.3 is 0 Å². The third-order valence-electron chi connectivity index (χ3n) is 2.55. The van der Waals surface area contributed by atoms with Crippen molar-refractivity contribution in [3.05, 3.63) is 47.4 Å². The number of nitrogens with zero attached hydrogens (tertiary/aromatic N) is 3. The van der Waals surface area contributed by atoms with Gasteiger partial charge in [-0.05, 0) is 23.8 Å². The van der Waals surface area contributed by atoms with Crippen molar-refractivity contribution in [2.24, 2.45) is 17.9 Å². The summed E-state index contributed by atoms with van der Waals surface area (Å²) in [5, 5.41) is 18.6. The lowest BCUT2D eigenvalue weighted by atomic mass is 10.1. The molecule has 0 spiro atoms. The molecule has 0 fully saturated rings. The van der Waals surface area contributed by atoms with E-state index in [9.17, 15) is 4.39 Å². The van der Waals surface area contributed by atoms with Gasteiger partial charge in [0.25, 0.3) is 0 Å². The van der Waals surface area contributed by atoms with Gasteiger partial charge in [0, 0.05) is 31.4 Å². The fourth-order valence-corrected chi connectivity index (χ4v) is 1.66. The highest BCUT2D eigenvalue weighted by Gasteiger charge is 2.05. The number of anilines is 1. The summed E-state index contributed by atoms with van der Waals surface area (Å²) in [4.78, 5) is 0. The first-order valence-electron chi connectivity index (χ1n) is 5.59. The van der Waals surface area contributed by atoms with Gasteiger partial charge in [-0.2, -0.15) is 5.10 Å². The lowest BCUT2D eigenvalue weighted by molar-refractivity contribution is 0.318. The Hall–Kier alpha value is -2.57. The molecule has 0 atom stereocenters. The highest BCUT2D eigenvalue weighted by Crippen LogP contribution is 2.11. The first-order chi connectivity index (χ1) is 9.08. The minimum Gasteiger partial charge on any atom is -0.409 e. The Morgan fingerprint density at radius 2 is 2.32 bits per heavy atom. The summed E-state index contributed by atoms with van der Waals surface area (Å²) in [7, 11) is 1.81. The summed E-state index contributed by atoms with van der Waals surface area (Å²) in [6, 6.07) is 6.04. The fourth-order valence-electron chi connectivity index (χ4n) is 1.66. The van der Waals surface area contributed by atoms with Crippen LogP contribution in [-0.4, -0.2) is 20.8 Å². The molecule has 0 radical (unpaired) electrons. The van der Waals surface area contributed by atoms with Gasteiger partial charge in [0.05, 0.1) is 0 Å². The molecule has 0 aliphatic heterocycles. The number of oxime groups is 1. The van der Waals surface area contributed by atoms with Gasteiger partial charge in [0.1, 0.15) is 11.6 Å². The molecule has 7 heteroatoms. The van der Waals surface area contributed by atoms with Crippen molar-refractivity contribution in [1.82, 2.24) is 9.78 Å². The van der Waals surface area contributed by atoms with Crippen molar-refractivity contribution in [2.75, 3.05) is 5.32 Å². The maximum atomic E-state index is 13.4. The van der Waals surface area contributed by atoms with E-state index in [1.54, 1.807) is 16.9 Å². The van der Waals surface area contributed by atoms with Crippen LogP contribution in [-0.2, 0) is 13.6 Å². The number of halogens is 1. The van der Waals surface area contributed by atoms with Crippen molar-refractivity contribution in [2.45, 2.75) is 6.54 Å². The zero-order valence-electron chi connectivity index (χ0n) is 10.3. The number of aryl methyl sites for hydroxylation is 1. The molecule has 1 heterocycles. The zero-order valence-corrected chi connectivity index (χ0v) is 10.3. The Morgan fingerprint density at radius 3 is 2.95 bits per heavy atom. The minimum atomic E-state index is -0.443. The molecule has 0 bridgehead atoms. The van der Waals surface area contributed by atoms with Crippen LogP contribution in [0.1, 0.15) is 11.1 Å². The molecule has 1 aromatic heterocycles. The quantitative estimate of drug-likeness (QED) is 0.335. The Labute approximate surface area is 109 Å². The highest BCUT2D eigenvalue weighted by molar-refractivity contribution is 5.97. The number of rotatable bonds is 4. The average Bonchev–Trinajstić information content (AvgIpc) is 2.80. The van der Waals surface area contributed by atoms with Crippen LogP contribution in [0.3, 0.4) is 0 Å². The summed E-state index contributed by atoms with van der Waals surface area (Å²) in [6.07, 6.45) is 1.80. The van der Waals surface area contributed by atoms with Crippen LogP contribution in [0.25, 0.3) is 0 Å². The van der Waals surface area contributed by atoms with Gasteiger partial charge in [-0.1, -0.05) is 5.16 Å². The molecular weight excluding hydrogens is 249 g/mol. The first kappa shape index (κ1) is 12.9. The van der Waals surface area contributed by atoms with E-state index in [1.165, 1.54) is 12.1 Å². The van der Waals surface area contributed by atoms with E-state index in [0.29, 0.717) is 23.5 Å². The number of hydrogen-bond acceptors (Lipinski definition) is 4. The number of nitrogens with two attached hydrogens (primary N) is 1. The van der Waals surface area contributed by atoms with E-state index in [0.717, 1.165) is 0 Å². The lowest BCUT2D eigenvalue weighted by Crippen LogP contribution is -2.14. The van der Waals surface area contributed by atoms with Crippen LogP contribution in [0.15, 0.2) is 35.6 Å². The first-order valence-corrected chi connectivity index (χ1v) is 5.59. The number of hydrogen-bond donors (Lipinski definition) is 3. The summed E-state index contributed by atoms with van der Waals surface area (Å²) in [6.45, 7) is 0.389. The van der Waals surface area contributed by atoms with Crippen molar-refractivity contribution >= 4 is 11.7 Å². The Kier molecular flexibility index (Phi) is 3.65. The highest BCUT2D eigenvalue weighted by atomic mass is 19.1. The van der Waals surface area contributed by atoms with E-state index in [1.807, 2.05) is 13.1 Å². The number of amidine groups is 1. The third-order valence-corrected chi connectivity index (χ3v) is 2.55. The van der Waals surface area contributed by atoms with Gasteiger partial charge in [-0.25, -0.2) is 4.39 Å². The summed E-state index contributed by atoms with van der Waals surface area (Å²) in [5.74, 6) is 0.123. The van der Waals surface area contributed by atoms with Crippen LogP contribution in [0, 0.1) is 5.82 Å². The van der Waals surface area contributed by atoms with E-state index < -0.39 is 5.82 Å². The van der Waals surface area contributed by atoms with Crippen molar-refractivity contribution in [3.63, 3.8) is 0 Å². The molecule has 0 aliphatic rings. The topological polar surface area (TPSA) is 88.5 Å². The monoisotopic (exact) mass is 263 g/mol. The van der Waals surface area contributed by atoms with Crippen LogP contribution >= 0.6 is 0 Å². The molecule has 2 rings (SSSR count). The van der Waals surface area contributed by atoms with Gasteiger partial charge < -0.3 is 16.3 Å². The zero-order chi connectivity index (χ0) is 13.8. The van der Waals surface area contributed by atoms with Crippen LogP contribution in [0.2, 0.25) is 0 Å². The Balaban J connectivity index is 2.14. The van der Waals surface area contributed by atoms with E-state index in [2.05, 4.69) is 15.6 Å². The second-order valence-corrected chi connectivity index (χ2v) is 4.06. The number of benzene rings is 1. The smallest absolute Gasteiger partial charge is 0.170 e. The predicted octanol–water partition coefficient (Wildman–Crippen LogP) is 1.27. The van der Waals surface area contributed by atoms with E-state index >= 15 is 0 Å². The summed E-state index contributed by atoms with van der Waals surface area (Å²) in [5.41, 5.74) is 6.45. The maximum Gasteiger partial charge on any atom is 0.170 e. The summed E-state index contributed by atoms with van der Waals surface area (Å²) >= 11 is 0. The van der Waals surface area contributed by atoms with Crippen LogP contribution in [0.4, 0.5) is 10.2 Å². The maximum absolute atomic E-state index is 13.4. The largest absolute Gasteiger partial charge is 0.409 e. The van der Waals surface area contributed by atoms with Gasteiger partial charge in [-0.3, -0.25) is 4.68 Å². The number of aromatic nitrogens is 2. The molecule has 0 amide bonds. The predicted molar refractivity (Wildman–Crippen MR) is 69.4 cm³/mol. The second-order valence-electron chi connectivity index (χ2n) is 4.06. The van der Waals surface area contributed by atoms with Gasteiger partial charge in [0.15, 0.2) is 5.84 Å². The van der Waals surface area contributed by atoms with Crippen LogP contribution in [0.5, 0.6) is 0 Å². The molecule has 0 aliphatic carbocycles. The molecule has 0 unspecified atom stereocenters. The SMILES string of the molecule is Cn1ccc(NCc2cc(F)cc(/C(N)=N/O)c2)n1. The van der Waals surface area contributed by atoms with Crippen molar-refractivity contribution in [1.29, 1.82) is 0 Å². The average molecular weight is 263 g/mol. The van der Waals surface area contributed by atoms with Gasteiger partial charge in [0.2, 0.25) is 0 Å². The molecular formula is C12H14FN5O. The molecule has 6 nitrogen and oxygen atoms in total. The third kappa shape index (κ3) is 3.21. The van der Waals surface area contributed by atoms with E-state index in [-0.39, 0.29) is 5.84 Å². The summed E-state index contributed by atoms with van der Waals surface area (Å²) < 4.78 is 15.1. The molecule has 19 heavy (non-hydrogen) atoms. The van der Waals surface area contributed by atoms with Crippen molar-refractivity contribution in [3.8, 4) is 0 Å². The van der Waals surface area contributed by atoms with Crippen LogP contribution < -0.4 is 11.1 Å². The minimum absolute atomic E-state index is 0.126. The molecule has 2 aromatic rings.